The van der Waals surface area contributed by atoms with Crippen molar-refractivity contribution in [1.29, 1.82) is 0 Å². The molecule has 122 valence electrons. The first-order valence-corrected chi connectivity index (χ1v) is 8.57. The van der Waals surface area contributed by atoms with Gasteiger partial charge in [-0.05, 0) is 32.6 Å². The molecule has 0 bridgehead atoms. The van der Waals surface area contributed by atoms with E-state index >= 15 is 0 Å². The minimum Gasteiger partial charge on any atom is -0.357 e. The predicted octanol–water partition coefficient (Wildman–Crippen LogP) is 2.13. The number of amides is 1. The van der Waals surface area contributed by atoms with Crippen LogP contribution in [0.1, 0.15) is 58.8 Å². The predicted molar refractivity (Wildman–Crippen MR) is 88.6 cm³/mol. The summed E-state index contributed by atoms with van der Waals surface area (Å²) in [6, 6.07) is 0. The third-order valence-electron chi connectivity index (χ3n) is 3.75. The third kappa shape index (κ3) is 7.93. The average molecular weight is 296 g/mol. The molecule has 1 aliphatic heterocycles. The van der Waals surface area contributed by atoms with Crippen molar-refractivity contribution in [3.05, 3.63) is 0 Å². The van der Waals surface area contributed by atoms with Gasteiger partial charge in [-0.3, -0.25) is 4.79 Å². The van der Waals surface area contributed by atoms with E-state index in [1.807, 2.05) is 11.8 Å². The van der Waals surface area contributed by atoms with Gasteiger partial charge in [0.05, 0.1) is 0 Å². The average Bonchev–Trinajstić information content (AvgIpc) is 2.52. The van der Waals surface area contributed by atoms with E-state index in [4.69, 9.17) is 0 Å². The number of rotatable bonds is 8. The summed E-state index contributed by atoms with van der Waals surface area (Å²) in [7, 11) is 0. The van der Waals surface area contributed by atoms with Gasteiger partial charge in [0.1, 0.15) is 6.54 Å². The molecule has 0 aromatic carbocycles. The molecular weight excluding hydrogens is 264 g/mol. The van der Waals surface area contributed by atoms with Crippen LogP contribution in [-0.2, 0) is 4.79 Å². The fraction of sp³-hybridized carbons (Fsp3) is 0.875. The van der Waals surface area contributed by atoms with E-state index in [-0.39, 0.29) is 12.5 Å². The molecule has 1 heterocycles. The van der Waals surface area contributed by atoms with Crippen LogP contribution in [0.15, 0.2) is 4.99 Å². The summed E-state index contributed by atoms with van der Waals surface area (Å²) >= 11 is 0. The van der Waals surface area contributed by atoms with Crippen molar-refractivity contribution >= 4 is 11.9 Å². The number of likely N-dealkylation sites (tertiary alicyclic amines) is 1. The lowest BCUT2D eigenvalue weighted by molar-refractivity contribution is -0.130. The number of aliphatic imine (C=N–C) groups is 1. The lowest BCUT2D eigenvalue weighted by Gasteiger charge is -2.26. The summed E-state index contributed by atoms with van der Waals surface area (Å²) < 4.78 is 0. The van der Waals surface area contributed by atoms with Crippen molar-refractivity contribution in [2.45, 2.75) is 58.8 Å². The first-order valence-electron chi connectivity index (χ1n) is 8.57. The van der Waals surface area contributed by atoms with Crippen molar-refractivity contribution in [1.82, 2.24) is 15.5 Å². The highest BCUT2D eigenvalue weighted by Crippen LogP contribution is 2.08. The number of unbranched alkanes of at least 4 members (excludes halogenated alkanes) is 3. The molecule has 0 saturated carbocycles. The molecule has 2 N–H and O–H groups in total. The summed E-state index contributed by atoms with van der Waals surface area (Å²) in [5.41, 5.74) is 0. The van der Waals surface area contributed by atoms with E-state index in [2.05, 4.69) is 22.5 Å². The van der Waals surface area contributed by atoms with Crippen LogP contribution in [0.4, 0.5) is 0 Å². The molecule has 1 amide bonds. The molecule has 0 aromatic heterocycles. The minimum atomic E-state index is 0.151. The number of nitrogens with one attached hydrogen (secondary N) is 2. The molecular formula is C16H32N4O. The normalized spacial score (nSPS) is 15.9. The maximum atomic E-state index is 12.1. The topological polar surface area (TPSA) is 56.7 Å². The molecule has 21 heavy (non-hydrogen) atoms. The van der Waals surface area contributed by atoms with Gasteiger partial charge in [0.25, 0.3) is 0 Å². The quantitative estimate of drug-likeness (QED) is 0.410. The van der Waals surface area contributed by atoms with Crippen LogP contribution in [-0.4, -0.2) is 49.5 Å². The van der Waals surface area contributed by atoms with Crippen LogP contribution < -0.4 is 10.6 Å². The fourth-order valence-corrected chi connectivity index (χ4v) is 2.49. The largest absolute Gasteiger partial charge is 0.357 e. The first-order chi connectivity index (χ1) is 10.3. The number of nitrogens with zero attached hydrogens (tertiary/aromatic N) is 2. The molecule has 1 fully saturated rings. The van der Waals surface area contributed by atoms with E-state index in [1.54, 1.807) is 0 Å². The summed E-state index contributed by atoms with van der Waals surface area (Å²) in [4.78, 5) is 18.4. The van der Waals surface area contributed by atoms with E-state index in [0.29, 0.717) is 0 Å². The van der Waals surface area contributed by atoms with Crippen LogP contribution in [0.3, 0.4) is 0 Å². The van der Waals surface area contributed by atoms with Crippen molar-refractivity contribution in [2.75, 3.05) is 32.7 Å². The number of hydrogen-bond donors (Lipinski definition) is 2. The minimum absolute atomic E-state index is 0.151. The van der Waals surface area contributed by atoms with Gasteiger partial charge in [-0.1, -0.05) is 26.2 Å². The van der Waals surface area contributed by atoms with Gasteiger partial charge in [0.15, 0.2) is 5.96 Å². The molecule has 0 aliphatic carbocycles. The molecule has 0 aromatic rings. The zero-order chi connectivity index (χ0) is 15.3. The molecule has 1 saturated heterocycles. The third-order valence-corrected chi connectivity index (χ3v) is 3.75. The van der Waals surface area contributed by atoms with Crippen molar-refractivity contribution in [3.8, 4) is 0 Å². The Balaban J connectivity index is 2.30. The SMILES string of the molecule is CCCCCCNC(=NCC(=O)N1CCCCC1)NCC. The van der Waals surface area contributed by atoms with Gasteiger partial charge in [0, 0.05) is 26.2 Å². The zero-order valence-electron chi connectivity index (χ0n) is 13.8. The summed E-state index contributed by atoms with van der Waals surface area (Å²) in [6.07, 6.45) is 8.43. The molecule has 0 unspecified atom stereocenters. The Morgan fingerprint density at radius 2 is 1.81 bits per heavy atom. The van der Waals surface area contributed by atoms with E-state index in [1.165, 1.54) is 25.7 Å². The summed E-state index contributed by atoms with van der Waals surface area (Å²) in [5, 5.41) is 6.51. The molecule has 5 nitrogen and oxygen atoms in total. The van der Waals surface area contributed by atoms with Gasteiger partial charge < -0.3 is 15.5 Å². The number of carbonyl (C=O) groups excluding carboxylic acids is 1. The van der Waals surface area contributed by atoms with E-state index in [9.17, 15) is 4.79 Å². The van der Waals surface area contributed by atoms with Crippen LogP contribution in [0.2, 0.25) is 0 Å². The van der Waals surface area contributed by atoms with Gasteiger partial charge in [0.2, 0.25) is 5.91 Å². The molecule has 1 aliphatic rings. The van der Waals surface area contributed by atoms with Gasteiger partial charge in [-0.15, -0.1) is 0 Å². The Hall–Kier alpha value is -1.26. The molecule has 0 radical (unpaired) electrons. The lowest BCUT2D eigenvalue weighted by atomic mass is 10.1. The Morgan fingerprint density at radius 3 is 2.48 bits per heavy atom. The highest BCUT2D eigenvalue weighted by atomic mass is 16.2. The van der Waals surface area contributed by atoms with Crippen LogP contribution in [0.25, 0.3) is 0 Å². The van der Waals surface area contributed by atoms with Gasteiger partial charge in [-0.25, -0.2) is 4.99 Å². The van der Waals surface area contributed by atoms with Crippen molar-refractivity contribution < 1.29 is 4.79 Å². The van der Waals surface area contributed by atoms with E-state index in [0.717, 1.165) is 51.4 Å². The second kappa shape index (κ2) is 11.4. The lowest BCUT2D eigenvalue weighted by Crippen LogP contribution is -2.40. The first kappa shape index (κ1) is 17.8. The highest BCUT2D eigenvalue weighted by Gasteiger charge is 2.15. The van der Waals surface area contributed by atoms with Crippen molar-refractivity contribution in [3.63, 3.8) is 0 Å². The van der Waals surface area contributed by atoms with Crippen LogP contribution >= 0.6 is 0 Å². The summed E-state index contributed by atoms with van der Waals surface area (Å²) in [5.74, 6) is 0.914. The maximum absolute atomic E-state index is 12.1. The number of carbonyl (C=O) groups is 1. The van der Waals surface area contributed by atoms with Crippen LogP contribution in [0.5, 0.6) is 0 Å². The second-order valence-electron chi connectivity index (χ2n) is 5.62. The van der Waals surface area contributed by atoms with Gasteiger partial charge in [-0.2, -0.15) is 0 Å². The Kier molecular flexibility index (Phi) is 9.66. The number of guanidine groups is 1. The molecule has 5 heteroatoms. The van der Waals surface area contributed by atoms with Crippen LogP contribution in [0, 0.1) is 0 Å². The van der Waals surface area contributed by atoms with Crippen molar-refractivity contribution in [2.24, 2.45) is 4.99 Å². The number of hydrogen-bond acceptors (Lipinski definition) is 2. The molecule has 1 rings (SSSR count). The number of piperidine rings is 1. The Morgan fingerprint density at radius 1 is 1.05 bits per heavy atom. The molecule has 0 atom stereocenters. The Bertz CT molecular complexity index is 311. The fourth-order valence-electron chi connectivity index (χ4n) is 2.49. The highest BCUT2D eigenvalue weighted by molar-refractivity contribution is 5.84. The van der Waals surface area contributed by atoms with Gasteiger partial charge >= 0.3 is 0 Å². The van der Waals surface area contributed by atoms with E-state index < -0.39 is 0 Å². The monoisotopic (exact) mass is 296 g/mol. The maximum Gasteiger partial charge on any atom is 0.244 e. The zero-order valence-corrected chi connectivity index (χ0v) is 13.8. The smallest absolute Gasteiger partial charge is 0.244 e. The molecule has 0 spiro atoms. The summed E-state index contributed by atoms with van der Waals surface area (Å²) in [6.45, 7) is 8.04. The standard InChI is InChI=1S/C16H32N4O/c1-3-5-6-8-11-18-16(17-4-2)19-14-15(21)20-12-9-7-10-13-20/h3-14H2,1-2H3,(H2,17,18,19). The Labute approximate surface area is 129 Å². The second-order valence-corrected chi connectivity index (χ2v) is 5.62.